The number of ether oxygens (including phenoxy) is 1. The molecule has 140 valence electrons. The Morgan fingerprint density at radius 1 is 1.35 bits per heavy atom. The van der Waals surface area contributed by atoms with Crippen molar-refractivity contribution < 1.29 is 19.2 Å². The van der Waals surface area contributed by atoms with Crippen molar-refractivity contribution >= 4 is 23.3 Å². The molecule has 0 aliphatic rings. The van der Waals surface area contributed by atoms with Gasteiger partial charge < -0.3 is 15.4 Å². The number of esters is 1. The first-order valence-corrected chi connectivity index (χ1v) is 7.96. The second-order valence-corrected chi connectivity index (χ2v) is 6.24. The quantitative estimate of drug-likeness (QED) is 0.431. The Hall–Kier alpha value is -3.15. The van der Waals surface area contributed by atoms with Crippen molar-refractivity contribution in [3.63, 3.8) is 0 Å². The zero-order chi connectivity index (χ0) is 20.1. The monoisotopic (exact) mass is 362 g/mol. The molecule has 0 aliphatic carbocycles. The van der Waals surface area contributed by atoms with Crippen LogP contribution in [-0.2, 0) is 9.53 Å². The van der Waals surface area contributed by atoms with Crippen LogP contribution >= 0.6 is 0 Å². The summed E-state index contributed by atoms with van der Waals surface area (Å²) in [5.41, 5.74) is -1.19. The number of hydrogen-bond acceptors (Lipinski definition) is 7. The van der Waals surface area contributed by atoms with Gasteiger partial charge >= 0.3 is 5.97 Å². The number of carbonyl (C=O) groups is 2. The summed E-state index contributed by atoms with van der Waals surface area (Å²) in [6.45, 7) is 6.50. The summed E-state index contributed by atoms with van der Waals surface area (Å²) in [5.74, 6) is -1.66. The molecule has 0 aromatic heterocycles. The molecule has 1 aromatic carbocycles. The molecule has 0 saturated carbocycles. The molecule has 0 radical (unpaired) electrons. The summed E-state index contributed by atoms with van der Waals surface area (Å²) >= 11 is 0. The van der Waals surface area contributed by atoms with Crippen LogP contribution in [0.4, 0.5) is 11.4 Å². The number of nitro benzene ring substituents is 1. The van der Waals surface area contributed by atoms with Crippen LogP contribution in [-0.4, -0.2) is 35.5 Å². The lowest BCUT2D eigenvalue weighted by Crippen LogP contribution is -2.52. The zero-order valence-corrected chi connectivity index (χ0v) is 15.3. The van der Waals surface area contributed by atoms with E-state index < -0.39 is 28.4 Å². The highest BCUT2D eigenvalue weighted by molar-refractivity contribution is 5.93. The molecule has 1 aromatic rings. The maximum atomic E-state index is 12.2. The lowest BCUT2D eigenvalue weighted by molar-refractivity contribution is -0.384. The molecule has 0 bridgehead atoms. The molecule has 26 heavy (non-hydrogen) atoms. The number of hydrogen-bond donors (Lipinski definition) is 2. The molecule has 0 spiro atoms. The topological polar surface area (TPSA) is 134 Å². The highest BCUT2D eigenvalue weighted by atomic mass is 16.6. The summed E-state index contributed by atoms with van der Waals surface area (Å²) in [4.78, 5) is 34.8. The first-order valence-electron chi connectivity index (χ1n) is 7.96. The summed E-state index contributed by atoms with van der Waals surface area (Å²) < 4.78 is 5.07. The number of nitrogens with zero attached hydrogens (tertiary/aromatic N) is 2. The number of anilines is 1. The molecule has 0 heterocycles. The number of amides is 1. The number of nitriles is 1. The van der Waals surface area contributed by atoms with Gasteiger partial charge in [0.25, 0.3) is 11.6 Å². The Balaban J connectivity index is 2.91. The fourth-order valence-electron chi connectivity index (χ4n) is 1.96. The van der Waals surface area contributed by atoms with Crippen LogP contribution in [0, 0.1) is 27.4 Å². The van der Waals surface area contributed by atoms with Crippen molar-refractivity contribution in [1.29, 1.82) is 5.26 Å². The van der Waals surface area contributed by atoms with E-state index in [0.717, 1.165) is 6.07 Å². The van der Waals surface area contributed by atoms with Gasteiger partial charge in [0.2, 0.25) is 0 Å². The zero-order valence-electron chi connectivity index (χ0n) is 15.3. The van der Waals surface area contributed by atoms with E-state index in [2.05, 4.69) is 10.6 Å². The summed E-state index contributed by atoms with van der Waals surface area (Å²) in [7, 11) is 1.52. The Morgan fingerprint density at radius 3 is 2.42 bits per heavy atom. The minimum Gasteiger partial charge on any atom is -0.449 e. The maximum absolute atomic E-state index is 12.2. The third-order valence-electron chi connectivity index (χ3n) is 4.12. The first-order chi connectivity index (χ1) is 12.1. The van der Waals surface area contributed by atoms with Crippen LogP contribution in [0.5, 0.6) is 0 Å². The fourth-order valence-corrected chi connectivity index (χ4v) is 1.96. The second-order valence-electron chi connectivity index (χ2n) is 6.24. The van der Waals surface area contributed by atoms with E-state index in [-0.39, 0.29) is 22.9 Å². The van der Waals surface area contributed by atoms with E-state index in [1.165, 1.54) is 26.1 Å². The molecule has 2 atom stereocenters. The van der Waals surface area contributed by atoms with E-state index in [0.29, 0.717) is 0 Å². The van der Waals surface area contributed by atoms with Crippen LogP contribution in [0.3, 0.4) is 0 Å². The molecule has 0 unspecified atom stereocenters. The average Bonchev–Trinajstić information content (AvgIpc) is 2.60. The van der Waals surface area contributed by atoms with E-state index in [9.17, 15) is 25.0 Å². The van der Waals surface area contributed by atoms with Crippen LogP contribution in [0.1, 0.15) is 38.1 Å². The Morgan fingerprint density at radius 2 is 1.96 bits per heavy atom. The highest BCUT2D eigenvalue weighted by Gasteiger charge is 2.32. The summed E-state index contributed by atoms with van der Waals surface area (Å²) in [6.07, 6.45) is -1.17. The van der Waals surface area contributed by atoms with E-state index in [4.69, 9.17) is 4.74 Å². The number of nitrogens with one attached hydrogen (secondary N) is 2. The van der Waals surface area contributed by atoms with Crippen molar-refractivity contribution in [2.75, 3.05) is 12.4 Å². The molecule has 1 rings (SSSR count). The molecule has 0 fully saturated rings. The molecule has 9 nitrogen and oxygen atoms in total. The van der Waals surface area contributed by atoms with Gasteiger partial charge in [-0.3, -0.25) is 14.9 Å². The smallest absolute Gasteiger partial charge is 0.339 e. The van der Waals surface area contributed by atoms with Crippen molar-refractivity contribution in [2.24, 2.45) is 5.92 Å². The number of nitro groups is 1. The minimum atomic E-state index is -1.17. The van der Waals surface area contributed by atoms with Gasteiger partial charge in [0.05, 0.1) is 16.6 Å². The van der Waals surface area contributed by atoms with Crippen molar-refractivity contribution in [1.82, 2.24) is 5.32 Å². The molecular formula is C17H22N4O5. The van der Waals surface area contributed by atoms with Crippen LogP contribution < -0.4 is 10.6 Å². The molecule has 2 N–H and O–H groups in total. The standard InChI is InChI=1S/C17H22N4O5/c1-10(2)17(4,9-18)20-15(22)11(3)26-16(23)12-6-7-13(19-5)14(8-12)21(24)25/h6-8,10-11,19H,1-5H3,(H,20,22)/t11-,17+/m0/s1. The number of carbonyl (C=O) groups excluding carboxylic acids is 2. The van der Waals surface area contributed by atoms with Gasteiger partial charge in [0, 0.05) is 13.1 Å². The lowest BCUT2D eigenvalue weighted by atomic mass is 9.90. The van der Waals surface area contributed by atoms with Crippen molar-refractivity contribution in [3.8, 4) is 6.07 Å². The molecule has 1 amide bonds. The molecule has 9 heteroatoms. The Bertz CT molecular complexity index is 756. The van der Waals surface area contributed by atoms with Gasteiger partial charge in [-0.15, -0.1) is 0 Å². The predicted octanol–water partition coefficient (Wildman–Crippen LogP) is 2.24. The Labute approximate surface area is 151 Å². The largest absolute Gasteiger partial charge is 0.449 e. The van der Waals surface area contributed by atoms with Gasteiger partial charge in [-0.2, -0.15) is 5.26 Å². The lowest BCUT2D eigenvalue weighted by Gasteiger charge is -2.28. The maximum Gasteiger partial charge on any atom is 0.339 e. The molecule has 0 saturated heterocycles. The van der Waals surface area contributed by atoms with E-state index in [1.807, 2.05) is 6.07 Å². The fraction of sp³-hybridized carbons (Fsp3) is 0.471. The van der Waals surface area contributed by atoms with Crippen LogP contribution in [0.2, 0.25) is 0 Å². The van der Waals surface area contributed by atoms with Crippen molar-refractivity contribution in [2.45, 2.75) is 39.3 Å². The Kier molecular flexibility index (Phi) is 6.66. The van der Waals surface area contributed by atoms with Crippen LogP contribution in [0.15, 0.2) is 18.2 Å². The third-order valence-corrected chi connectivity index (χ3v) is 4.12. The minimum absolute atomic E-state index is 0.0535. The van der Waals surface area contributed by atoms with Gasteiger partial charge in [-0.1, -0.05) is 13.8 Å². The summed E-state index contributed by atoms with van der Waals surface area (Å²) in [6, 6.07) is 5.84. The van der Waals surface area contributed by atoms with Gasteiger partial charge in [-0.25, -0.2) is 4.79 Å². The highest BCUT2D eigenvalue weighted by Crippen LogP contribution is 2.25. The van der Waals surface area contributed by atoms with E-state index in [1.54, 1.807) is 20.8 Å². The van der Waals surface area contributed by atoms with E-state index >= 15 is 0 Å². The molecule has 0 aliphatic heterocycles. The summed E-state index contributed by atoms with van der Waals surface area (Å²) in [5, 5.41) is 25.5. The van der Waals surface area contributed by atoms with Gasteiger partial charge in [-0.05, 0) is 31.9 Å². The SMILES string of the molecule is CNc1ccc(C(=O)O[C@@H](C)C(=O)N[C@](C)(C#N)C(C)C)cc1[N+](=O)[O-]. The van der Waals surface area contributed by atoms with Gasteiger partial charge in [0.1, 0.15) is 11.2 Å². The third kappa shape index (κ3) is 4.69. The second kappa shape index (κ2) is 8.29. The van der Waals surface area contributed by atoms with Gasteiger partial charge in [0.15, 0.2) is 6.10 Å². The first kappa shape index (κ1) is 20.9. The van der Waals surface area contributed by atoms with Crippen LogP contribution in [0.25, 0.3) is 0 Å². The number of benzene rings is 1. The number of rotatable bonds is 7. The predicted molar refractivity (Wildman–Crippen MR) is 94.5 cm³/mol. The normalized spacial score (nSPS) is 13.9. The molecular weight excluding hydrogens is 340 g/mol. The van der Waals surface area contributed by atoms with Crippen molar-refractivity contribution in [3.05, 3.63) is 33.9 Å². The average molecular weight is 362 g/mol.